The average molecular weight is 325 g/mol. The van der Waals surface area contributed by atoms with Gasteiger partial charge >= 0.3 is 0 Å². The highest BCUT2D eigenvalue weighted by Crippen LogP contribution is 2.18. The standard InChI is InChI=1S/C16H27N3O2S/c1-13-4-5-15(22-13)12-19(8-7-18(2)3)16(20)10-14-11-17-6-9-21-14/h4-5,14,17H,6-12H2,1-3H3. The van der Waals surface area contributed by atoms with Crippen molar-refractivity contribution in [3.63, 3.8) is 0 Å². The predicted molar refractivity (Wildman–Crippen MR) is 90.3 cm³/mol. The van der Waals surface area contributed by atoms with Crippen LogP contribution in [0.15, 0.2) is 12.1 Å². The van der Waals surface area contributed by atoms with E-state index in [2.05, 4.69) is 29.3 Å². The molecular weight excluding hydrogens is 298 g/mol. The van der Waals surface area contributed by atoms with Crippen LogP contribution in [0.2, 0.25) is 0 Å². The van der Waals surface area contributed by atoms with Gasteiger partial charge in [-0.15, -0.1) is 11.3 Å². The SMILES string of the molecule is Cc1ccc(CN(CCN(C)C)C(=O)CC2CNCCO2)s1. The maximum atomic E-state index is 12.6. The van der Waals surface area contributed by atoms with Gasteiger partial charge in [0.2, 0.25) is 5.91 Å². The van der Waals surface area contributed by atoms with Crippen molar-refractivity contribution in [2.75, 3.05) is 46.9 Å². The summed E-state index contributed by atoms with van der Waals surface area (Å²) >= 11 is 1.76. The molecule has 1 aromatic heterocycles. The Labute approximate surface area is 137 Å². The van der Waals surface area contributed by atoms with Crippen LogP contribution >= 0.6 is 11.3 Å². The first-order valence-corrected chi connectivity index (χ1v) is 8.66. The fourth-order valence-corrected chi connectivity index (χ4v) is 3.35. The molecule has 6 heteroatoms. The highest BCUT2D eigenvalue weighted by Gasteiger charge is 2.22. The molecule has 5 nitrogen and oxygen atoms in total. The van der Waals surface area contributed by atoms with Gasteiger partial charge in [-0.2, -0.15) is 0 Å². The molecular formula is C16H27N3O2S. The number of nitrogens with one attached hydrogen (secondary N) is 1. The Kier molecular flexibility index (Phi) is 6.82. The maximum Gasteiger partial charge on any atom is 0.225 e. The van der Waals surface area contributed by atoms with E-state index in [1.54, 1.807) is 11.3 Å². The molecule has 124 valence electrons. The number of hydrogen-bond acceptors (Lipinski definition) is 5. The van der Waals surface area contributed by atoms with Crippen molar-refractivity contribution < 1.29 is 9.53 Å². The van der Waals surface area contributed by atoms with Crippen molar-refractivity contribution in [3.05, 3.63) is 21.9 Å². The third-order valence-corrected chi connectivity index (χ3v) is 4.70. The molecule has 1 saturated heterocycles. The molecule has 1 amide bonds. The molecule has 0 radical (unpaired) electrons. The molecule has 0 saturated carbocycles. The quantitative estimate of drug-likeness (QED) is 0.821. The number of ether oxygens (including phenoxy) is 1. The summed E-state index contributed by atoms with van der Waals surface area (Å²) in [6, 6.07) is 4.23. The molecule has 22 heavy (non-hydrogen) atoms. The topological polar surface area (TPSA) is 44.8 Å². The van der Waals surface area contributed by atoms with E-state index in [-0.39, 0.29) is 12.0 Å². The van der Waals surface area contributed by atoms with Gasteiger partial charge in [0.1, 0.15) is 0 Å². The lowest BCUT2D eigenvalue weighted by Crippen LogP contribution is -2.43. The fraction of sp³-hybridized carbons (Fsp3) is 0.688. The normalized spacial score (nSPS) is 18.6. The number of nitrogens with zero attached hydrogens (tertiary/aromatic N) is 2. The minimum absolute atomic E-state index is 0.00757. The molecule has 2 rings (SSSR count). The van der Waals surface area contributed by atoms with Gasteiger partial charge in [-0.25, -0.2) is 0 Å². The van der Waals surface area contributed by atoms with Crippen LogP contribution in [0.3, 0.4) is 0 Å². The second kappa shape index (κ2) is 8.62. The zero-order valence-electron chi connectivity index (χ0n) is 13.8. The first-order chi connectivity index (χ1) is 10.5. The highest BCUT2D eigenvalue weighted by atomic mass is 32.1. The van der Waals surface area contributed by atoms with Crippen LogP contribution in [0, 0.1) is 6.92 Å². The van der Waals surface area contributed by atoms with E-state index in [1.807, 2.05) is 19.0 Å². The van der Waals surface area contributed by atoms with Crippen LogP contribution in [0.4, 0.5) is 0 Å². The van der Waals surface area contributed by atoms with Gasteiger partial charge in [0.15, 0.2) is 0 Å². The van der Waals surface area contributed by atoms with E-state index in [1.165, 1.54) is 9.75 Å². The zero-order valence-corrected chi connectivity index (χ0v) is 14.6. The molecule has 1 N–H and O–H groups in total. The Morgan fingerprint density at radius 3 is 2.82 bits per heavy atom. The number of amides is 1. The summed E-state index contributed by atoms with van der Waals surface area (Å²) in [6.45, 7) is 6.77. The summed E-state index contributed by atoms with van der Waals surface area (Å²) in [5.41, 5.74) is 0. The predicted octanol–water partition coefficient (Wildman–Crippen LogP) is 1.33. The first kappa shape index (κ1) is 17.4. The second-order valence-corrected chi connectivity index (χ2v) is 7.40. The first-order valence-electron chi connectivity index (χ1n) is 7.84. The van der Waals surface area contributed by atoms with Gasteiger partial charge in [-0.1, -0.05) is 0 Å². The smallest absolute Gasteiger partial charge is 0.225 e. The Morgan fingerprint density at radius 1 is 1.41 bits per heavy atom. The molecule has 1 aromatic rings. The third-order valence-electron chi connectivity index (χ3n) is 3.72. The minimum atomic E-state index is 0.00757. The summed E-state index contributed by atoms with van der Waals surface area (Å²) in [5.74, 6) is 0.182. The Balaban J connectivity index is 1.93. The average Bonchev–Trinajstić information content (AvgIpc) is 2.89. The fourth-order valence-electron chi connectivity index (χ4n) is 2.45. The highest BCUT2D eigenvalue weighted by molar-refractivity contribution is 7.11. The van der Waals surface area contributed by atoms with Gasteiger partial charge in [0, 0.05) is 35.9 Å². The van der Waals surface area contributed by atoms with Crippen molar-refractivity contribution in [1.82, 2.24) is 15.1 Å². The Morgan fingerprint density at radius 2 is 2.23 bits per heavy atom. The molecule has 1 aliphatic heterocycles. The second-order valence-electron chi connectivity index (χ2n) is 6.03. The monoisotopic (exact) mass is 325 g/mol. The summed E-state index contributed by atoms with van der Waals surface area (Å²) in [4.78, 5) is 19.2. The number of carbonyl (C=O) groups excluding carboxylic acids is 1. The molecule has 0 bridgehead atoms. The van der Waals surface area contributed by atoms with Gasteiger partial charge < -0.3 is 19.9 Å². The number of morpholine rings is 1. The van der Waals surface area contributed by atoms with Gasteiger partial charge in [0.25, 0.3) is 0 Å². The Hall–Kier alpha value is -0.950. The van der Waals surface area contributed by atoms with Crippen molar-refractivity contribution >= 4 is 17.2 Å². The van der Waals surface area contributed by atoms with Crippen molar-refractivity contribution in [2.45, 2.75) is 26.0 Å². The summed E-state index contributed by atoms with van der Waals surface area (Å²) in [6.07, 6.45) is 0.471. The van der Waals surface area contributed by atoms with Crippen LogP contribution in [0.1, 0.15) is 16.2 Å². The molecule has 1 fully saturated rings. The summed E-state index contributed by atoms with van der Waals surface area (Å²) < 4.78 is 5.66. The van der Waals surface area contributed by atoms with Crippen molar-refractivity contribution in [2.24, 2.45) is 0 Å². The van der Waals surface area contributed by atoms with Crippen LogP contribution in [-0.4, -0.2) is 68.7 Å². The maximum absolute atomic E-state index is 12.6. The lowest BCUT2D eigenvalue weighted by atomic mass is 10.2. The summed E-state index contributed by atoms with van der Waals surface area (Å²) in [7, 11) is 4.07. The number of aryl methyl sites for hydroxylation is 1. The van der Waals surface area contributed by atoms with Crippen molar-refractivity contribution in [3.8, 4) is 0 Å². The van der Waals surface area contributed by atoms with Crippen LogP contribution in [-0.2, 0) is 16.1 Å². The molecule has 2 heterocycles. The van der Waals surface area contributed by atoms with Gasteiger partial charge in [-0.05, 0) is 33.2 Å². The van der Waals surface area contributed by atoms with E-state index < -0.39 is 0 Å². The van der Waals surface area contributed by atoms with Gasteiger partial charge in [-0.3, -0.25) is 4.79 Å². The van der Waals surface area contributed by atoms with E-state index in [0.29, 0.717) is 19.6 Å². The van der Waals surface area contributed by atoms with Gasteiger partial charge in [0.05, 0.1) is 25.7 Å². The number of likely N-dealkylation sites (N-methyl/N-ethyl adjacent to an activating group) is 1. The molecule has 1 unspecified atom stereocenters. The largest absolute Gasteiger partial charge is 0.375 e. The number of carbonyl (C=O) groups is 1. The molecule has 0 aliphatic carbocycles. The number of hydrogen-bond donors (Lipinski definition) is 1. The van der Waals surface area contributed by atoms with Crippen LogP contribution in [0.25, 0.3) is 0 Å². The molecule has 1 atom stereocenters. The molecule has 0 aromatic carbocycles. The Bertz CT molecular complexity index is 470. The van der Waals surface area contributed by atoms with Crippen molar-refractivity contribution in [1.29, 1.82) is 0 Å². The van der Waals surface area contributed by atoms with E-state index >= 15 is 0 Å². The van der Waals surface area contributed by atoms with Crippen LogP contribution in [0.5, 0.6) is 0 Å². The summed E-state index contributed by atoms with van der Waals surface area (Å²) in [5, 5.41) is 3.28. The number of thiophene rings is 1. The van der Waals surface area contributed by atoms with Crippen LogP contribution < -0.4 is 5.32 Å². The molecule has 0 spiro atoms. The number of rotatable bonds is 7. The lowest BCUT2D eigenvalue weighted by Gasteiger charge is -2.28. The molecule has 1 aliphatic rings. The minimum Gasteiger partial charge on any atom is -0.375 e. The zero-order chi connectivity index (χ0) is 15.9. The lowest BCUT2D eigenvalue weighted by molar-refractivity contribution is -0.135. The van der Waals surface area contributed by atoms with E-state index in [4.69, 9.17) is 4.74 Å². The third kappa shape index (κ3) is 5.68. The van der Waals surface area contributed by atoms with E-state index in [0.717, 1.165) is 26.2 Å². The van der Waals surface area contributed by atoms with E-state index in [9.17, 15) is 4.79 Å².